The van der Waals surface area contributed by atoms with Crippen LogP contribution in [0.4, 0.5) is 0 Å². The van der Waals surface area contributed by atoms with E-state index in [2.05, 4.69) is 48.5 Å². The van der Waals surface area contributed by atoms with Gasteiger partial charge in [-0.2, -0.15) is 0 Å². The number of carbonyl (C=O) groups is 1. The van der Waals surface area contributed by atoms with Gasteiger partial charge in [-0.3, -0.25) is 4.79 Å². The summed E-state index contributed by atoms with van der Waals surface area (Å²) in [5.74, 6) is 0.382. The van der Waals surface area contributed by atoms with Crippen molar-refractivity contribution in [1.29, 1.82) is 0 Å². The number of ketones is 1. The Bertz CT molecular complexity index is 821. The molecular formula is C22H18O. The van der Waals surface area contributed by atoms with Crippen LogP contribution in [-0.2, 0) is 6.42 Å². The molecule has 3 aromatic carbocycles. The first-order valence-corrected chi connectivity index (χ1v) is 8.06. The zero-order chi connectivity index (χ0) is 15.6. The molecule has 0 N–H and O–H groups in total. The Morgan fingerprint density at radius 2 is 1.35 bits per heavy atom. The highest BCUT2D eigenvalue weighted by Crippen LogP contribution is 2.43. The Kier molecular flexibility index (Phi) is 3.55. The normalized spacial score (nSPS) is 19.3. The van der Waals surface area contributed by atoms with Crippen molar-refractivity contribution in [3.63, 3.8) is 0 Å². The predicted octanol–water partition coefficient (Wildman–Crippen LogP) is 4.87. The summed E-state index contributed by atoms with van der Waals surface area (Å²) in [6.45, 7) is 0. The molecule has 1 nitrogen and oxygen atoms in total. The predicted molar refractivity (Wildman–Crippen MR) is 92.7 cm³/mol. The Balaban J connectivity index is 1.79. The van der Waals surface area contributed by atoms with E-state index in [0.717, 1.165) is 12.0 Å². The molecular weight excluding hydrogens is 280 g/mol. The van der Waals surface area contributed by atoms with Crippen LogP contribution in [0, 0.1) is 5.92 Å². The highest BCUT2D eigenvalue weighted by atomic mass is 16.1. The molecule has 1 aliphatic rings. The molecule has 4 rings (SSSR count). The minimum atomic E-state index is -0.0165. The van der Waals surface area contributed by atoms with Crippen LogP contribution in [0.1, 0.15) is 33.0 Å². The van der Waals surface area contributed by atoms with Crippen molar-refractivity contribution in [3.8, 4) is 0 Å². The van der Waals surface area contributed by atoms with Gasteiger partial charge in [0, 0.05) is 17.4 Å². The fourth-order valence-electron chi connectivity index (χ4n) is 3.73. The molecule has 0 saturated heterocycles. The Hall–Kier alpha value is -2.67. The van der Waals surface area contributed by atoms with Gasteiger partial charge in [-0.05, 0) is 23.1 Å². The van der Waals surface area contributed by atoms with Gasteiger partial charge in [0.25, 0.3) is 0 Å². The van der Waals surface area contributed by atoms with Gasteiger partial charge in [-0.15, -0.1) is 0 Å². The van der Waals surface area contributed by atoms with E-state index in [1.807, 2.05) is 36.4 Å². The highest BCUT2D eigenvalue weighted by molar-refractivity contribution is 5.99. The van der Waals surface area contributed by atoms with Crippen LogP contribution in [-0.4, -0.2) is 5.78 Å². The first-order chi connectivity index (χ1) is 11.3. The van der Waals surface area contributed by atoms with Gasteiger partial charge in [-0.25, -0.2) is 0 Å². The van der Waals surface area contributed by atoms with E-state index in [1.165, 1.54) is 16.7 Å². The molecule has 0 bridgehead atoms. The number of hydrogen-bond donors (Lipinski definition) is 0. The molecule has 0 amide bonds. The molecule has 2 atom stereocenters. The topological polar surface area (TPSA) is 17.1 Å². The lowest BCUT2D eigenvalue weighted by Gasteiger charge is -2.20. The highest BCUT2D eigenvalue weighted by Gasteiger charge is 2.37. The molecule has 1 aliphatic carbocycles. The monoisotopic (exact) mass is 298 g/mol. The van der Waals surface area contributed by atoms with Crippen LogP contribution >= 0.6 is 0 Å². The molecule has 0 unspecified atom stereocenters. The number of rotatable bonds is 3. The van der Waals surface area contributed by atoms with Gasteiger partial charge < -0.3 is 0 Å². The third-order valence-corrected chi connectivity index (χ3v) is 4.79. The van der Waals surface area contributed by atoms with Gasteiger partial charge in [0.1, 0.15) is 0 Å². The molecule has 3 aromatic rings. The Morgan fingerprint density at radius 1 is 0.739 bits per heavy atom. The standard InChI is InChI=1S/C22H18O/c23-22(17-11-5-2-6-12-17)20-15-18-13-7-8-14-19(18)21(20)16-9-3-1-4-10-16/h1-14,20-21H,15H2/t20-,21-/m1/s1. The molecule has 1 heteroatoms. The van der Waals surface area contributed by atoms with E-state index in [-0.39, 0.29) is 17.6 Å². The number of hydrogen-bond acceptors (Lipinski definition) is 1. The number of carbonyl (C=O) groups excluding carboxylic acids is 1. The summed E-state index contributed by atoms with van der Waals surface area (Å²) in [7, 11) is 0. The Morgan fingerprint density at radius 3 is 2.09 bits per heavy atom. The maximum absolute atomic E-state index is 13.1. The largest absolute Gasteiger partial charge is 0.294 e. The van der Waals surface area contributed by atoms with Crippen LogP contribution in [0.2, 0.25) is 0 Å². The van der Waals surface area contributed by atoms with Crippen LogP contribution in [0.3, 0.4) is 0 Å². The lowest BCUT2D eigenvalue weighted by Crippen LogP contribution is -2.20. The van der Waals surface area contributed by atoms with Gasteiger partial charge in [0.05, 0.1) is 0 Å². The lowest BCUT2D eigenvalue weighted by atomic mass is 9.81. The molecule has 112 valence electrons. The third kappa shape index (κ3) is 2.49. The second-order valence-corrected chi connectivity index (χ2v) is 6.13. The van der Waals surface area contributed by atoms with Crippen molar-refractivity contribution in [2.45, 2.75) is 12.3 Å². The maximum Gasteiger partial charge on any atom is 0.167 e. The van der Waals surface area contributed by atoms with E-state index >= 15 is 0 Å². The molecule has 0 radical (unpaired) electrons. The summed E-state index contributed by atoms with van der Waals surface area (Å²) >= 11 is 0. The van der Waals surface area contributed by atoms with Crippen LogP contribution in [0.25, 0.3) is 0 Å². The van der Waals surface area contributed by atoms with Crippen molar-refractivity contribution in [2.24, 2.45) is 5.92 Å². The smallest absolute Gasteiger partial charge is 0.167 e. The quantitative estimate of drug-likeness (QED) is 0.630. The summed E-state index contributed by atoms with van der Waals surface area (Å²) in [4.78, 5) is 13.1. The lowest BCUT2D eigenvalue weighted by molar-refractivity contribution is 0.0915. The molecule has 23 heavy (non-hydrogen) atoms. The van der Waals surface area contributed by atoms with Crippen molar-refractivity contribution >= 4 is 5.78 Å². The summed E-state index contributed by atoms with van der Waals surface area (Å²) in [5.41, 5.74) is 4.64. The zero-order valence-electron chi connectivity index (χ0n) is 12.9. The van der Waals surface area contributed by atoms with E-state index in [9.17, 15) is 4.79 Å². The molecule has 0 heterocycles. The third-order valence-electron chi connectivity index (χ3n) is 4.79. The summed E-state index contributed by atoms with van der Waals surface area (Å²) in [5, 5.41) is 0. The van der Waals surface area contributed by atoms with Crippen molar-refractivity contribution < 1.29 is 4.79 Å². The number of Topliss-reactive ketones (excluding diaryl/α,β-unsaturated/α-hetero) is 1. The average Bonchev–Trinajstić information content (AvgIpc) is 3.02. The summed E-state index contributed by atoms with van der Waals surface area (Å²) in [6.07, 6.45) is 0.823. The first kappa shape index (κ1) is 14.0. The van der Waals surface area contributed by atoms with Gasteiger partial charge in [0.15, 0.2) is 5.78 Å². The van der Waals surface area contributed by atoms with E-state index in [0.29, 0.717) is 0 Å². The summed E-state index contributed by atoms with van der Waals surface area (Å²) < 4.78 is 0. The molecule has 0 fully saturated rings. The molecule has 0 saturated carbocycles. The molecule has 0 aliphatic heterocycles. The Labute approximate surface area is 136 Å². The van der Waals surface area contributed by atoms with Crippen molar-refractivity contribution in [1.82, 2.24) is 0 Å². The van der Waals surface area contributed by atoms with Crippen LogP contribution in [0.15, 0.2) is 84.9 Å². The second kappa shape index (κ2) is 5.85. The zero-order valence-corrected chi connectivity index (χ0v) is 12.9. The fraction of sp³-hybridized carbons (Fsp3) is 0.136. The minimum Gasteiger partial charge on any atom is -0.294 e. The average molecular weight is 298 g/mol. The van der Waals surface area contributed by atoms with Gasteiger partial charge in [0.2, 0.25) is 0 Å². The van der Waals surface area contributed by atoms with Gasteiger partial charge >= 0.3 is 0 Å². The fourth-order valence-corrected chi connectivity index (χ4v) is 3.73. The SMILES string of the molecule is O=C(c1ccccc1)[C@@H]1Cc2ccccc2[C@H]1c1ccccc1. The first-order valence-electron chi connectivity index (χ1n) is 8.06. The molecule has 0 aromatic heterocycles. The van der Waals surface area contributed by atoms with E-state index < -0.39 is 0 Å². The van der Waals surface area contributed by atoms with Crippen molar-refractivity contribution in [2.75, 3.05) is 0 Å². The summed E-state index contributed by atoms with van der Waals surface area (Å²) in [6, 6.07) is 28.6. The maximum atomic E-state index is 13.1. The van der Waals surface area contributed by atoms with E-state index in [1.54, 1.807) is 0 Å². The van der Waals surface area contributed by atoms with Crippen LogP contribution in [0.5, 0.6) is 0 Å². The molecule has 0 spiro atoms. The second-order valence-electron chi connectivity index (χ2n) is 6.13. The van der Waals surface area contributed by atoms with Gasteiger partial charge in [-0.1, -0.05) is 84.9 Å². The number of fused-ring (bicyclic) bond motifs is 1. The number of benzene rings is 3. The minimum absolute atomic E-state index is 0.0165. The van der Waals surface area contributed by atoms with Crippen LogP contribution < -0.4 is 0 Å². The van der Waals surface area contributed by atoms with Crippen molar-refractivity contribution in [3.05, 3.63) is 107 Å². The van der Waals surface area contributed by atoms with E-state index in [4.69, 9.17) is 0 Å².